The van der Waals surface area contributed by atoms with Crippen LogP contribution in [0.4, 0.5) is 0 Å². The van der Waals surface area contributed by atoms with Gasteiger partial charge >= 0.3 is 0 Å². The lowest BCUT2D eigenvalue weighted by Crippen LogP contribution is -2.28. The summed E-state index contributed by atoms with van der Waals surface area (Å²) < 4.78 is 0. The van der Waals surface area contributed by atoms with Crippen LogP contribution in [0.25, 0.3) is 0 Å². The second-order valence-corrected chi connectivity index (χ2v) is 4.60. The molecule has 2 aliphatic rings. The highest BCUT2D eigenvalue weighted by molar-refractivity contribution is 5.99. The number of allylic oxidation sites excluding steroid dienone is 1. The molecule has 1 nitrogen and oxygen atoms in total. The van der Waals surface area contributed by atoms with Gasteiger partial charge in [0.15, 0.2) is 5.78 Å². The van der Waals surface area contributed by atoms with Gasteiger partial charge in [-0.15, -0.1) is 0 Å². The molecule has 0 aromatic carbocycles. The van der Waals surface area contributed by atoms with Gasteiger partial charge in [0.25, 0.3) is 0 Å². The van der Waals surface area contributed by atoms with Crippen LogP contribution in [0.3, 0.4) is 0 Å². The Morgan fingerprint density at radius 3 is 2.92 bits per heavy atom. The number of carbonyl (C=O) groups excluding carboxylic acids is 1. The molecule has 0 amide bonds. The summed E-state index contributed by atoms with van der Waals surface area (Å²) in [5.41, 5.74) is 1.16. The highest BCUT2D eigenvalue weighted by Gasteiger charge is 2.47. The highest BCUT2D eigenvalue weighted by Crippen LogP contribution is 2.51. The molecule has 0 heterocycles. The van der Waals surface area contributed by atoms with Crippen LogP contribution in [0.15, 0.2) is 12.2 Å². The maximum absolute atomic E-state index is 11.6. The molecule has 2 rings (SSSR count). The number of rotatable bonds is 0. The first kappa shape index (κ1) is 8.03. The molecule has 0 aliphatic heterocycles. The van der Waals surface area contributed by atoms with Crippen molar-refractivity contribution in [3.8, 4) is 0 Å². The fourth-order valence-corrected chi connectivity index (χ4v) is 2.88. The van der Waals surface area contributed by atoms with Crippen LogP contribution in [0, 0.1) is 11.3 Å². The fraction of sp³-hybridized carbons (Fsp3) is 0.727. The Hall–Kier alpha value is -0.590. The van der Waals surface area contributed by atoms with Crippen molar-refractivity contribution in [3.63, 3.8) is 0 Å². The number of fused-ring (bicyclic) bond motifs is 1. The minimum absolute atomic E-state index is 0.284. The van der Waals surface area contributed by atoms with Crippen molar-refractivity contribution in [2.45, 2.75) is 39.0 Å². The lowest BCUT2D eigenvalue weighted by Gasteiger charge is -2.34. The molecule has 2 atom stereocenters. The molecule has 2 saturated carbocycles. The van der Waals surface area contributed by atoms with Gasteiger partial charge in [0.2, 0.25) is 0 Å². The third-order valence-corrected chi connectivity index (χ3v) is 3.61. The molecular weight excluding hydrogens is 148 g/mol. The van der Waals surface area contributed by atoms with Crippen molar-refractivity contribution in [3.05, 3.63) is 12.2 Å². The minimum Gasteiger partial charge on any atom is -0.294 e. The van der Waals surface area contributed by atoms with E-state index < -0.39 is 0 Å². The van der Waals surface area contributed by atoms with Crippen LogP contribution in [0.1, 0.15) is 39.0 Å². The Morgan fingerprint density at radius 2 is 2.25 bits per heavy atom. The van der Waals surface area contributed by atoms with E-state index in [0.29, 0.717) is 11.7 Å². The smallest absolute Gasteiger partial charge is 0.161 e. The Balaban J connectivity index is 2.30. The molecule has 1 heteroatoms. The van der Waals surface area contributed by atoms with Crippen molar-refractivity contribution >= 4 is 5.78 Å². The standard InChI is InChI=1S/C11H16O/c1-8-7-11(2)6-4-3-5-9(11)10(8)12/h9H,1,3-7H2,2H3. The van der Waals surface area contributed by atoms with E-state index >= 15 is 0 Å². The third kappa shape index (κ3) is 0.954. The molecule has 2 unspecified atom stereocenters. The van der Waals surface area contributed by atoms with E-state index in [4.69, 9.17) is 0 Å². The van der Waals surface area contributed by atoms with Gasteiger partial charge in [0, 0.05) is 5.92 Å². The summed E-state index contributed by atoms with van der Waals surface area (Å²) >= 11 is 0. The van der Waals surface area contributed by atoms with Gasteiger partial charge < -0.3 is 0 Å². The molecule has 12 heavy (non-hydrogen) atoms. The van der Waals surface area contributed by atoms with Crippen LogP contribution in [0.5, 0.6) is 0 Å². The molecule has 0 N–H and O–H groups in total. The average molecular weight is 164 g/mol. The number of hydrogen-bond acceptors (Lipinski definition) is 1. The van der Waals surface area contributed by atoms with Crippen LogP contribution >= 0.6 is 0 Å². The number of carbonyl (C=O) groups is 1. The fourth-order valence-electron chi connectivity index (χ4n) is 2.88. The lowest BCUT2D eigenvalue weighted by atomic mass is 9.69. The second-order valence-electron chi connectivity index (χ2n) is 4.60. The number of Topliss-reactive ketones (excluding diaryl/α,β-unsaturated/α-hetero) is 1. The Kier molecular flexibility index (Phi) is 1.64. The molecule has 2 aliphatic carbocycles. The summed E-state index contributed by atoms with van der Waals surface area (Å²) in [6.45, 7) is 6.11. The Morgan fingerprint density at radius 1 is 1.50 bits per heavy atom. The van der Waals surface area contributed by atoms with E-state index in [0.717, 1.165) is 18.4 Å². The maximum atomic E-state index is 11.6. The van der Waals surface area contributed by atoms with Crippen LogP contribution < -0.4 is 0 Å². The van der Waals surface area contributed by atoms with Gasteiger partial charge in [-0.2, -0.15) is 0 Å². The normalized spacial score (nSPS) is 41.6. The van der Waals surface area contributed by atoms with Crippen molar-refractivity contribution < 1.29 is 4.79 Å². The number of ketones is 1. The first-order valence-corrected chi connectivity index (χ1v) is 4.85. The SMILES string of the molecule is C=C1CC2(C)CCCCC2C1=O. The zero-order chi connectivity index (χ0) is 8.77. The first-order chi connectivity index (χ1) is 5.63. The van der Waals surface area contributed by atoms with Crippen LogP contribution in [0.2, 0.25) is 0 Å². The summed E-state index contributed by atoms with van der Waals surface area (Å²) in [6.07, 6.45) is 5.82. The average Bonchev–Trinajstić information content (AvgIpc) is 2.24. The number of hydrogen-bond donors (Lipinski definition) is 0. The van der Waals surface area contributed by atoms with Gasteiger partial charge in [-0.1, -0.05) is 26.3 Å². The molecule has 0 aromatic heterocycles. The quantitative estimate of drug-likeness (QED) is 0.503. The van der Waals surface area contributed by atoms with Crippen molar-refractivity contribution in [2.24, 2.45) is 11.3 Å². The molecule has 66 valence electrons. The summed E-state index contributed by atoms with van der Waals surface area (Å²) in [5.74, 6) is 0.677. The van der Waals surface area contributed by atoms with Crippen molar-refractivity contribution in [1.29, 1.82) is 0 Å². The predicted molar refractivity (Wildman–Crippen MR) is 48.8 cm³/mol. The lowest BCUT2D eigenvalue weighted by molar-refractivity contribution is -0.120. The highest BCUT2D eigenvalue weighted by atomic mass is 16.1. The molecular formula is C11H16O. The van der Waals surface area contributed by atoms with E-state index in [1.54, 1.807) is 0 Å². The van der Waals surface area contributed by atoms with Crippen LogP contribution in [-0.4, -0.2) is 5.78 Å². The Labute approximate surface area is 73.8 Å². The molecule has 0 saturated heterocycles. The monoisotopic (exact) mass is 164 g/mol. The van der Waals surface area contributed by atoms with Crippen LogP contribution in [-0.2, 0) is 4.79 Å². The Bertz CT molecular complexity index is 241. The first-order valence-electron chi connectivity index (χ1n) is 4.85. The zero-order valence-electron chi connectivity index (χ0n) is 7.73. The molecule has 0 radical (unpaired) electrons. The largest absolute Gasteiger partial charge is 0.294 e. The van der Waals surface area contributed by atoms with E-state index in [2.05, 4.69) is 13.5 Å². The van der Waals surface area contributed by atoms with Gasteiger partial charge in [-0.05, 0) is 30.3 Å². The summed E-state index contributed by atoms with van der Waals surface area (Å²) in [6, 6.07) is 0. The van der Waals surface area contributed by atoms with Crippen molar-refractivity contribution in [2.75, 3.05) is 0 Å². The summed E-state index contributed by atoms with van der Waals surface area (Å²) in [4.78, 5) is 11.6. The van der Waals surface area contributed by atoms with E-state index in [9.17, 15) is 4.79 Å². The van der Waals surface area contributed by atoms with Gasteiger partial charge in [0.1, 0.15) is 0 Å². The van der Waals surface area contributed by atoms with E-state index in [-0.39, 0.29) is 5.41 Å². The van der Waals surface area contributed by atoms with Gasteiger partial charge in [-0.25, -0.2) is 0 Å². The predicted octanol–water partition coefficient (Wildman–Crippen LogP) is 2.71. The summed E-state index contributed by atoms with van der Waals surface area (Å²) in [7, 11) is 0. The summed E-state index contributed by atoms with van der Waals surface area (Å²) in [5, 5.41) is 0. The molecule has 0 spiro atoms. The van der Waals surface area contributed by atoms with Gasteiger partial charge in [-0.3, -0.25) is 4.79 Å². The maximum Gasteiger partial charge on any atom is 0.161 e. The van der Waals surface area contributed by atoms with E-state index in [1.165, 1.54) is 19.3 Å². The third-order valence-electron chi connectivity index (χ3n) is 3.61. The topological polar surface area (TPSA) is 17.1 Å². The molecule has 2 fully saturated rings. The van der Waals surface area contributed by atoms with Gasteiger partial charge in [0.05, 0.1) is 0 Å². The second kappa shape index (κ2) is 2.45. The van der Waals surface area contributed by atoms with E-state index in [1.807, 2.05) is 0 Å². The zero-order valence-corrected chi connectivity index (χ0v) is 7.73. The molecule has 0 bridgehead atoms. The van der Waals surface area contributed by atoms with Crippen molar-refractivity contribution in [1.82, 2.24) is 0 Å². The molecule has 0 aromatic rings. The minimum atomic E-state index is 0.284.